The van der Waals surface area contributed by atoms with E-state index in [0.29, 0.717) is 4.57 Å². The molecule has 1 saturated heterocycles. The van der Waals surface area contributed by atoms with E-state index in [2.05, 4.69) is 0 Å². The van der Waals surface area contributed by atoms with Crippen molar-refractivity contribution in [1.29, 1.82) is 0 Å². The fourth-order valence-corrected chi connectivity index (χ4v) is 7.50. The zero-order valence-electron chi connectivity index (χ0n) is 30.2. The summed E-state index contributed by atoms with van der Waals surface area (Å²) >= 11 is 0. The number of hydrogen-bond acceptors (Lipinski definition) is 9. The van der Waals surface area contributed by atoms with Gasteiger partial charge in [-0.05, 0) is 63.4 Å². The third-order valence-electron chi connectivity index (χ3n) is 8.92. The van der Waals surface area contributed by atoms with Crippen molar-refractivity contribution in [3.05, 3.63) is 170 Å². The second-order valence-corrected chi connectivity index (χ2v) is 15.6. The van der Waals surface area contributed by atoms with Crippen LogP contribution in [0.5, 0.6) is 0 Å². The number of aryl methyl sites for hydroxylation is 2. The van der Waals surface area contributed by atoms with E-state index in [1.54, 1.807) is 32.9 Å². The summed E-state index contributed by atoms with van der Waals surface area (Å²) in [5.41, 5.74) is -0.638. The van der Waals surface area contributed by atoms with E-state index in [1.165, 1.54) is 25.3 Å². The summed E-state index contributed by atoms with van der Waals surface area (Å²) in [5.74, 6) is 0. The van der Waals surface area contributed by atoms with Crippen LogP contribution in [-0.2, 0) is 34.1 Å². The molecular weight excluding hydrogens is 697 g/mol. The van der Waals surface area contributed by atoms with Crippen LogP contribution < -0.4 is 11.2 Å². The van der Waals surface area contributed by atoms with Gasteiger partial charge in [-0.15, -0.1) is 0 Å². The van der Waals surface area contributed by atoms with Crippen molar-refractivity contribution in [3.63, 3.8) is 0 Å². The number of benzene rings is 4. The first kappa shape index (κ1) is 37.6. The van der Waals surface area contributed by atoms with E-state index >= 15 is 0 Å². The Kier molecular flexibility index (Phi) is 10.7. The van der Waals surface area contributed by atoms with E-state index in [1.807, 2.05) is 97.9 Å². The van der Waals surface area contributed by atoms with Gasteiger partial charge >= 0.3 is 11.8 Å². The first-order valence-electron chi connectivity index (χ1n) is 17.2. The first-order valence-corrected chi connectivity index (χ1v) is 18.6. The molecule has 0 amide bonds. The molecule has 12 heteroatoms. The Labute approximate surface area is 308 Å². The number of rotatable bonds is 10. The molecule has 1 aromatic heterocycles. The van der Waals surface area contributed by atoms with Crippen LogP contribution in [0.2, 0.25) is 0 Å². The van der Waals surface area contributed by atoms with E-state index < -0.39 is 57.1 Å². The zero-order chi connectivity index (χ0) is 38.0. The van der Waals surface area contributed by atoms with Crippen molar-refractivity contribution in [2.45, 2.75) is 75.6 Å². The molecule has 3 atom stereocenters. The molecule has 2 heterocycles. The van der Waals surface area contributed by atoms with Gasteiger partial charge in [-0.3, -0.25) is 13.5 Å². The maximum absolute atomic E-state index is 13.8. The van der Waals surface area contributed by atoms with Gasteiger partial charge < -0.3 is 14.2 Å². The Morgan fingerprint density at radius 1 is 0.792 bits per heavy atom. The lowest BCUT2D eigenvalue weighted by Gasteiger charge is -2.37. The standard InChI is InChI=1S/C41H42N2O9S/c1-28-21-23-33(24-22-28)53(47,48)52-34-25-36(42-26-29(2)37(44)43(38(42)45)39(46)51-40(3,4)5)50-35(34)27-49-41(30-15-9-6-10-16-30,31-17-11-7-12-18-31)32-19-13-8-14-20-32/h6-24,26,34-36H,25,27H2,1-5H3/t34-,35-,36?/m1/s1. The number of ether oxygens (including phenoxy) is 3. The van der Waals surface area contributed by atoms with Crippen LogP contribution in [0.4, 0.5) is 4.79 Å². The van der Waals surface area contributed by atoms with E-state index in [0.717, 1.165) is 26.8 Å². The van der Waals surface area contributed by atoms with Crippen molar-refractivity contribution in [3.8, 4) is 0 Å². The van der Waals surface area contributed by atoms with Gasteiger partial charge in [-0.2, -0.15) is 13.0 Å². The fourth-order valence-electron chi connectivity index (χ4n) is 6.39. The van der Waals surface area contributed by atoms with Crippen molar-refractivity contribution in [2.24, 2.45) is 0 Å². The molecule has 1 aliphatic heterocycles. The average Bonchev–Trinajstić information content (AvgIpc) is 3.52. The molecule has 0 bridgehead atoms. The van der Waals surface area contributed by atoms with Crippen LogP contribution >= 0.6 is 0 Å². The lowest BCUT2D eigenvalue weighted by molar-refractivity contribution is -0.0913. The lowest BCUT2D eigenvalue weighted by atomic mass is 9.80. The van der Waals surface area contributed by atoms with Crippen LogP contribution in [-0.4, -0.2) is 48.1 Å². The summed E-state index contributed by atoms with van der Waals surface area (Å²) in [4.78, 5) is 40.0. The smallest absolute Gasteiger partial charge is 0.425 e. The zero-order valence-corrected chi connectivity index (χ0v) is 31.0. The predicted octanol–water partition coefficient (Wildman–Crippen LogP) is 6.48. The quantitative estimate of drug-likeness (QED) is 0.117. The molecule has 0 aliphatic carbocycles. The normalized spacial score (nSPS) is 17.8. The Balaban J connectivity index is 1.43. The van der Waals surface area contributed by atoms with Crippen molar-refractivity contribution >= 4 is 16.2 Å². The molecule has 1 unspecified atom stereocenters. The van der Waals surface area contributed by atoms with Crippen LogP contribution in [0.1, 0.15) is 61.2 Å². The van der Waals surface area contributed by atoms with Gasteiger partial charge in [-0.25, -0.2) is 9.59 Å². The minimum absolute atomic E-state index is 0.0510. The Morgan fingerprint density at radius 3 is 1.79 bits per heavy atom. The minimum Gasteiger partial charge on any atom is -0.443 e. The highest BCUT2D eigenvalue weighted by atomic mass is 32.2. The molecule has 0 saturated carbocycles. The van der Waals surface area contributed by atoms with Gasteiger partial charge in [0.15, 0.2) is 0 Å². The molecule has 1 aliphatic rings. The molecule has 0 radical (unpaired) electrons. The van der Waals surface area contributed by atoms with Gasteiger partial charge in [0.1, 0.15) is 29.6 Å². The third kappa shape index (κ3) is 7.96. The highest BCUT2D eigenvalue weighted by Crippen LogP contribution is 2.42. The molecule has 0 spiro atoms. The van der Waals surface area contributed by atoms with Gasteiger partial charge in [0.25, 0.3) is 15.7 Å². The number of carbonyl (C=O) groups excluding carboxylic acids is 1. The average molecular weight is 739 g/mol. The summed E-state index contributed by atoms with van der Waals surface area (Å²) in [6.45, 7) is 7.96. The molecule has 1 fully saturated rings. The lowest BCUT2D eigenvalue weighted by Crippen LogP contribution is -2.47. The number of aromatic nitrogens is 2. The highest BCUT2D eigenvalue weighted by Gasteiger charge is 2.45. The van der Waals surface area contributed by atoms with E-state index in [-0.39, 0.29) is 23.5 Å². The van der Waals surface area contributed by atoms with Gasteiger partial charge in [0, 0.05) is 18.2 Å². The molecule has 53 heavy (non-hydrogen) atoms. The second kappa shape index (κ2) is 15.1. The molecule has 11 nitrogen and oxygen atoms in total. The summed E-state index contributed by atoms with van der Waals surface area (Å²) in [6.07, 6.45) is -3.35. The summed E-state index contributed by atoms with van der Waals surface area (Å²) < 4.78 is 53.6. The summed E-state index contributed by atoms with van der Waals surface area (Å²) in [6, 6.07) is 35.2. The third-order valence-corrected chi connectivity index (χ3v) is 10.3. The van der Waals surface area contributed by atoms with E-state index in [4.69, 9.17) is 18.4 Å². The maximum Gasteiger partial charge on any atom is 0.425 e. The van der Waals surface area contributed by atoms with Gasteiger partial charge in [0.2, 0.25) is 0 Å². The van der Waals surface area contributed by atoms with Gasteiger partial charge in [-0.1, -0.05) is 109 Å². The van der Waals surface area contributed by atoms with Crippen LogP contribution in [0.25, 0.3) is 0 Å². The predicted molar refractivity (Wildman–Crippen MR) is 198 cm³/mol. The van der Waals surface area contributed by atoms with Crippen LogP contribution in [0.15, 0.2) is 136 Å². The molecule has 5 aromatic rings. The Bertz CT molecular complexity index is 2190. The molecular formula is C41H42N2O9S. The van der Waals surface area contributed by atoms with Crippen LogP contribution in [0.3, 0.4) is 0 Å². The van der Waals surface area contributed by atoms with Crippen molar-refractivity contribution < 1.29 is 31.6 Å². The van der Waals surface area contributed by atoms with E-state index in [9.17, 15) is 22.8 Å². The minimum atomic E-state index is -4.33. The van der Waals surface area contributed by atoms with Crippen molar-refractivity contribution in [2.75, 3.05) is 6.61 Å². The number of carbonyl (C=O) groups is 1. The van der Waals surface area contributed by atoms with Crippen LogP contribution in [0, 0.1) is 13.8 Å². The maximum atomic E-state index is 13.8. The first-order chi connectivity index (χ1) is 25.2. The number of nitrogens with zero attached hydrogens (tertiary/aromatic N) is 2. The largest absolute Gasteiger partial charge is 0.443 e. The fraction of sp³-hybridized carbons (Fsp3) is 0.293. The van der Waals surface area contributed by atoms with Gasteiger partial charge in [0.05, 0.1) is 11.5 Å². The Hall–Kier alpha value is -5.14. The monoisotopic (exact) mass is 738 g/mol. The Morgan fingerprint density at radius 2 is 1.30 bits per heavy atom. The summed E-state index contributed by atoms with van der Waals surface area (Å²) in [7, 11) is -4.33. The van der Waals surface area contributed by atoms with Crippen molar-refractivity contribution in [1.82, 2.24) is 9.13 Å². The molecule has 6 rings (SSSR count). The second-order valence-electron chi connectivity index (χ2n) is 14.0. The molecule has 276 valence electrons. The molecule has 0 N–H and O–H groups in total. The summed E-state index contributed by atoms with van der Waals surface area (Å²) in [5, 5.41) is 0. The number of hydrogen-bond donors (Lipinski definition) is 0. The SMILES string of the molecule is Cc1ccc(S(=O)(=O)O[C@@H]2CC(n3cc(C)c(=O)n(C(=O)OC(C)(C)C)c3=O)O[C@@H]2COC(c2ccccc2)(c2ccccc2)c2ccccc2)cc1. The highest BCUT2D eigenvalue weighted by molar-refractivity contribution is 7.86. The topological polar surface area (TPSA) is 132 Å². The molecule has 4 aromatic carbocycles.